The van der Waals surface area contributed by atoms with Crippen molar-refractivity contribution in [3.63, 3.8) is 0 Å². The summed E-state index contributed by atoms with van der Waals surface area (Å²) in [5.74, 6) is 1.64. The van der Waals surface area contributed by atoms with Crippen molar-refractivity contribution in [1.82, 2.24) is 30.5 Å². The molecule has 0 fully saturated rings. The van der Waals surface area contributed by atoms with Crippen molar-refractivity contribution in [1.29, 1.82) is 0 Å². The molecule has 4 rings (SSSR count). The van der Waals surface area contributed by atoms with Gasteiger partial charge in [0.2, 0.25) is 0 Å². The highest BCUT2D eigenvalue weighted by atomic mass is 15.2. The zero-order valence-corrected chi connectivity index (χ0v) is 17.0. The first kappa shape index (κ1) is 18.6. The number of aromatic amines is 1. The minimum Gasteiger partial charge on any atom is -0.353 e. The van der Waals surface area contributed by atoms with Gasteiger partial charge in [0.05, 0.1) is 23.6 Å². The first-order valence-corrected chi connectivity index (χ1v) is 9.69. The van der Waals surface area contributed by atoms with Gasteiger partial charge in [-0.1, -0.05) is 26.8 Å². The van der Waals surface area contributed by atoms with Crippen molar-refractivity contribution in [2.45, 2.75) is 45.7 Å². The Labute approximate surface area is 165 Å². The zero-order chi connectivity index (χ0) is 19.7. The van der Waals surface area contributed by atoms with Gasteiger partial charge in [0, 0.05) is 30.8 Å². The summed E-state index contributed by atoms with van der Waals surface area (Å²) in [7, 11) is 2.07. The summed E-state index contributed by atoms with van der Waals surface area (Å²) in [5.41, 5.74) is 5.24. The predicted molar refractivity (Wildman–Crippen MR) is 110 cm³/mol. The molecule has 0 spiro atoms. The number of hydrogen-bond donors (Lipinski definition) is 2. The molecule has 0 saturated heterocycles. The molecule has 3 aromatic heterocycles. The number of pyridine rings is 1. The molecule has 0 saturated carbocycles. The van der Waals surface area contributed by atoms with Crippen LogP contribution in [0.1, 0.15) is 43.4 Å². The maximum atomic E-state index is 4.90. The molecular formula is C21H27N7. The van der Waals surface area contributed by atoms with Crippen molar-refractivity contribution in [2.75, 3.05) is 18.5 Å². The van der Waals surface area contributed by atoms with E-state index in [2.05, 4.69) is 59.3 Å². The largest absolute Gasteiger partial charge is 0.353 e. The van der Waals surface area contributed by atoms with Crippen LogP contribution in [0.3, 0.4) is 0 Å². The smallest absolute Gasteiger partial charge is 0.180 e. The third-order valence-electron chi connectivity index (χ3n) is 4.98. The van der Waals surface area contributed by atoms with E-state index in [4.69, 9.17) is 9.97 Å². The lowest BCUT2D eigenvalue weighted by Crippen LogP contribution is -2.29. The van der Waals surface area contributed by atoms with Crippen LogP contribution in [-0.2, 0) is 24.9 Å². The summed E-state index contributed by atoms with van der Waals surface area (Å²) in [6.45, 7) is 8.92. The van der Waals surface area contributed by atoms with Crippen LogP contribution in [0.5, 0.6) is 0 Å². The molecule has 3 aromatic rings. The van der Waals surface area contributed by atoms with E-state index in [0.717, 1.165) is 48.1 Å². The highest BCUT2D eigenvalue weighted by Gasteiger charge is 2.22. The fraction of sp³-hybridized carbons (Fsp3) is 0.429. The van der Waals surface area contributed by atoms with Gasteiger partial charge in [-0.3, -0.25) is 10.1 Å². The average Bonchev–Trinajstić information content (AvgIpc) is 3.17. The molecule has 7 heteroatoms. The SMILES string of the molecule is CN(Cc1cc(C(C)(C)C)n[nH]1)c1nc(-c2ccccn2)nc2c1CCNC2. The highest BCUT2D eigenvalue weighted by Crippen LogP contribution is 2.27. The number of rotatable bonds is 4. The van der Waals surface area contributed by atoms with Crippen LogP contribution in [-0.4, -0.2) is 38.7 Å². The van der Waals surface area contributed by atoms with E-state index in [1.165, 1.54) is 5.56 Å². The van der Waals surface area contributed by atoms with Gasteiger partial charge in [-0.05, 0) is 31.2 Å². The quantitative estimate of drug-likeness (QED) is 0.727. The van der Waals surface area contributed by atoms with Crippen LogP contribution in [0, 0.1) is 0 Å². The summed E-state index contributed by atoms with van der Waals surface area (Å²) < 4.78 is 0. The third kappa shape index (κ3) is 3.75. The van der Waals surface area contributed by atoms with E-state index in [1.54, 1.807) is 6.20 Å². The molecular weight excluding hydrogens is 350 g/mol. The average molecular weight is 377 g/mol. The summed E-state index contributed by atoms with van der Waals surface area (Å²) in [4.78, 5) is 16.3. The van der Waals surface area contributed by atoms with Gasteiger partial charge >= 0.3 is 0 Å². The number of nitrogens with zero attached hydrogens (tertiary/aromatic N) is 5. The maximum Gasteiger partial charge on any atom is 0.180 e. The molecule has 7 nitrogen and oxygen atoms in total. The van der Waals surface area contributed by atoms with Crippen molar-refractivity contribution in [2.24, 2.45) is 0 Å². The van der Waals surface area contributed by atoms with Gasteiger partial charge in [-0.15, -0.1) is 0 Å². The van der Waals surface area contributed by atoms with Crippen LogP contribution >= 0.6 is 0 Å². The van der Waals surface area contributed by atoms with Crippen molar-refractivity contribution < 1.29 is 0 Å². The molecule has 146 valence electrons. The van der Waals surface area contributed by atoms with Crippen LogP contribution in [0.25, 0.3) is 11.5 Å². The second-order valence-corrected chi connectivity index (χ2v) is 8.32. The molecule has 1 aliphatic rings. The topological polar surface area (TPSA) is 82.6 Å². The molecule has 0 aromatic carbocycles. The van der Waals surface area contributed by atoms with E-state index < -0.39 is 0 Å². The van der Waals surface area contributed by atoms with Crippen molar-refractivity contribution in [3.05, 3.63) is 53.1 Å². The van der Waals surface area contributed by atoms with Gasteiger partial charge in [-0.2, -0.15) is 5.10 Å². The Balaban J connectivity index is 1.68. The maximum absolute atomic E-state index is 4.90. The number of aromatic nitrogens is 5. The molecule has 28 heavy (non-hydrogen) atoms. The lowest BCUT2D eigenvalue weighted by Gasteiger charge is -2.25. The van der Waals surface area contributed by atoms with E-state index in [9.17, 15) is 0 Å². The van der Waals surface area contributed by atoms with E-state index in [-0.39, 0.29) is 5.41 Å². The molecule has 1 aliphatic heterocycles. The predicted octanol–water partition coefficient (Wildman–Crippen LogP) is 2.84. The van der Waals surface area contributed by atoms with E-state index >= 15 is 0 Å². The van der Waals surface area contributed by atoms with Gasteiger partial charge in [0.25, 0.3) is 0 Å². The van der Waals surface area contributed by atoms with Crippen LogP contribution in [0.15, 0.2) is 30.5 Å². The van der Waals surface area contributed by atoms with E-state index in [0.29, 0.717) is 12.4 Å². The summed E-state index contributed by atoms with van der Waals surface area (Å²) in [6.07, 6.45) is 2.70. The minimum atomic E-state index is 0.0270. The molecule has 0 aliphatic carbocycles. The Morgan fingerprint density at radius 1 is 1.18 bits per heavy atom. The normalized spacial score (nSPS) is 14.0. The monoisotopic (exact) mass is 377 g/mol. The highest BCUT2D eigenvalue weighted by molar-refractivity contribution is 5.58. The standard InChI is InChI=1S/C21H27N7/c1-21(2,3)18-11-14(26-27-18)13-28(4)20-15-8-10-22-12-17(15)24-19(25-20)16-7-5-6-9-23-16/h5-7,9,11,22H,8,10,12-13H2,1-4H3,(H,26,27). The van der Waals surface area contributed by atoms with Crippen molar-refractivity contribution >= 4 is 5.82 Å². The first-order valence-electron chi connectivity index (χ1n) is 9.69. The van der Waals surface area contributed by atoms with Gasteiger partial charge in [0.1, 0.15) is 11.5 Å². The zero-order valence-electron chi connectivity index (χ0n) is 17.0. The number of hydrogen-bond acceptors (Lipinski definition) is 6. The summed E-state index contributed by atoms with van der Waals surface area (Å²) in [6, 6.07) is 7.96. The number of anilines is 1. The fourth-order valence-electron chi connectivity index (χ4n) is 3.42. The second kappa shape index (κ2) is 7.31. The number of nitrogens with one attached hydrogen (secondary N) is 2. The number of fused-ring (bicyclic) bond motifs is 1. The fourth-order valence-corrected chi connectivity index (χ4v) is 3.42. The summed E-state index contributed by atoms with van der Waals surface area (Å²) in [5, 5.41) is 11.1. The molecule has 0 bridgehead atoms. The summed E-state index contributed by atoms with van der Waals surface area (Å²) >= 11 is 0. The third-order valence-corrected chi connectivity index (χ3v) is 4.98. The Morgan fingerprint density at radius 2 is 2.04 bits per heavy atom. The lowest BCUT2D eigenvalue weighted by molar-refractivity contribution is 0.567. The molecule has 0 unspecified atom stereocenters. The second-order valence-electron chi connectivity index (χ2n) is 8.32. The van der Waals surface area contributed by atoms with Crippen molar-refractivity contribution in [3.8, 4) is 11.5 Å². The van der Waals surface area contributed by atoms with Gasteiger partial charge in [-0.25, -0.2) is 9.97 Å². The molecule has 0 atom stereocenters. The van der Waals surface area contributed by atoms with Gasteiger partial charge in [0.15, 0.2) is 5.82 Å². The Morgan fingerprint density at radius 3 is 2.75 bits per heavy atom. The van der Waals surface area contributed by atoms with Crippen LogP contribution < -0.4 is 10.2 Å². The van der Waals surface area contributed by atoms with E-state index in [1.807, 2.05) is 18.2 Å². The molecule has 2 N–H and O–H groups in total. The first-order chi connectivity index (χ1) is 13.4. The Hall–Kier alpha value is -2.80. The molecule has 4 heterocycles. The minimum absolute atomic E-state index is 0.0270. The van der Waals surface area contributed by atoms with Crippen LogP contribution in [0.2, 0.25) is 0 Å². The molecule has 0 radical (unpaired) electrons. The number of H-pyrrole nitrogens is 1. The lowest BCUT2D eigenvalue weighted by atomic mass is 9.92. The molecule has 0 amide bonds. The van der Waals surface area contributed by atoms with Gasteiger partial charge < -0.3 is 10.2 Å². The van der Waals surface area contributed by atoms with Crippen LogP contribution in [0.4, 0.5) is 5.82 Å². The Kier molecular flexibility index (Phi) is 4.85. The Bertz CT molecular complexity index is 957.